The molecular formula is C17H25NS. The van der Waals surface area contributed by atoms with Gasteiger partial charge in [0.25, 0.3) is 0 Å². The Kier molecular flexibility index (Phi) is 10.8. The fourth-order valence-electron chi connectivity index (χ4n) is 1.18. The van der Waals surface area contributed by atoms with Crippen LogP contribution in [0.15, 0.2) is 60.7 Å². The maximum atomic E-state index is 5.36. The topological polar surface area (TPSA) is 26.0 Å². The van der Waals surface area contributed by atoms with E-state index in [2.05, 4.69) is 45.5 Å². The molecule has 0 aliphatic rings. The van der Waals surface area contributed by atoms with Crippen LogP contribution >= 0.6 is 12.6 Å². The van der Waals surface area contributed by atoms with E-state index in [1.807, 2.05) is 48.5 Å². The van der Waals surface area contributed by atoms with E-state index in [4.69, 9.17) is 5.73 Å². The number of nitrogen functional groups attached to an aromatic ring is 1. The summed E-state index contributed by atoms with van der Waals surface area (Å²) in [5.41, 5.74) is 7.46. The molecule has 2 heteroatoms. The summed E-state index contributed by atoms with van der Waals surface area (Å²) < 4.78 is 0. The minimum atomic E-state index is 0.353. The Labute approximate surface area is 123 Å². The molecule has 104 valence electrons. The van der Waals surface area contributed by atoms with E-state index in [1.54, 1.807) is 0 Å². The summed E-state index contributed by atoms with van der Waals surface area (Å²) in [6.45, 7) is 6.32. The van der Waals surface area contributed by atoms with Crippen LogP contribution in [0, 0.1) is 0 Å². The zero-order chi connectivity index (χ0) is 14.5. The highest BCUT2D eigenvalue weighted by molar-refractivity contribution is 7.80. The summed E-state index contributed by atoms with van der Waals surface area (Å²) in [6, 6.07) is 19.7. The highest BCUT2D eigenvalue weighted by atomic mass is 32.1. The van der Waals surface area contributed by atoms with Crippen LogP contribution < -0.4 is 5.73 Å². The van der Waals surface area contributed by atoms with Crippen molar-refractivity contribution in [2.24, 2.45) is 0 Å². The maximum Gasteiger partial charge on any atom is 0.0313 e. The molecule has 2 N–H and O–H groups in total. The Hall–Kier alpha value is -1.41. The summed E-state index contributed by atoms with van der Waals surface area (Å²) in [4.78, 5) is 0. The number of rotatable bonds is 1. The molecule has 0 saturated carbocycles. The van der Waals surface area contributed by atoms with E-state index >= 15 is 0 Å². The first-order chi connectivity index (χ1) is 9.11. The van der Waals surface area contributed by atoms with Crippen LogP contribution in [0.1, 0.15) is 38.0 Å². The summed E-state index contributed by atoms with van der Waals surface area (Å²) in [7, 11) is 0. The standard InChI is InChI=1S/C8H10S.C6H7N.C3H8/c1-7(9)8-5-3-2-4-6-8;7-6-4-2-1-3-5-6;1-3-2/h2-7,9H,1H3;1-5H,7H2;3H2,1-2H3. The zero-order valence-corrected chi connectivity index (χ0v) is 13.0. The van der Waals surface area contributed by atoms with Crippen LogP contribution in [-0.2, 0) is 0 Å². The van der Waals surface area contributed by atoms with Gasteiger partial charge in [0.1, 0.15) is 0 Å². The minimum Gasteiger partial charge on any atom is -0.399 e. The number of anilines is 1. The monoisotopic (exact) mass is 275 g/mol. The fourth-order valence-corrected chi connectivity index (χ4v) is 1.36. The second-order valence-electron chi connectivity index (χ2n) is 4.20. The molecule has 19 heavy (non-hydrogen) atoms. The van der Waals surface area contributed by atoms with Crippen molar-refractivity contribution in [1.29, 1.82) is 0 Å². The fraction of sp³-hybridized carbons (Fsp3) is 0.294. The highest BCUT2D eigenvalue weighted by Gasteiger charge is 1.94. The molecule has 0 radical (unpaired) electrons. The second-order valence-corrected chi connectivity index (χ2v) is 4.98. The highest BCUT2D eigenvalue weighted by Crippen LogP contribution is 2.16. The molecule has 0 aromatic heterocycles. The Balaban J connectivity index is 0.000000289. The number of hydrogen-bond donors (Lipinski definition) is 2. The third-order valence-corrected chi connectivity index (χ3v) is 2.38. The van der Waals surface area contributed by atoms with Crippen molar-refractivity contribution in [1.82, 2.24) is 0 Å². The third kappa shape index (κ3) is 10.2. The molecule has 0 amide bonds. The van der Waals surface area contributed by atoms with Crippen molar-refractivity contribution in [2.75, 3.05) is 5.73 Å². The molecule has 0 spiro atoms. The van der Waals surface area contributed by atoms with Gasteiger partial charge in [-0.3, -0.25) is 0 Å². The van der Waals surface area contributed by atoms with Crippen molar-refractivity contribution in [3.8, 4) is 0 Å². The average Bonchev–Trinajstić information content (AvgIpc) is 2.42. The molecule has 0 bridgehead atoms. The Morgan fingerprint density at radius 1 is 0.895 bits per heavy atom. The molecule has 1 atom stereocenters. The summed E-state index contributed by atoms with van der Waals surface area (Å²) >= 11 is 4.29. The lowest BCUT2D eigenvalue weighted by Gasteiger charge is -2.00. The van der Waals surface area contributed by atoms with Crippen LogP contribution in [0.25, 0.3) is 0 Å². The van der Waals surface area contributed by atoms with E-state index in [0.29, 0.717) is 5.25 Å². The summed E-state index contributed by atoms with van der Waals surface area (Å²) in [5.74, 6) is 0. The van der Waals surface area contributed by atoms with Crippen molar-refractivity contribution < 1.29 is 0 Å². The maximum absolute atomic E-state index is 5.36. The van der Waals surface area contributed by atoms with Crippen molar-refractivity contribution in [3.63, 3.8) is 0 Å². The van der Waals surface area contributed by atoms with E-state index in [1.165, 1.54) is 12.0 Å². The predicted octanol–water partition coefficient (Wildman–Crippen LogP) is 5.36. The SMILES string of the molecule is CC(S)c1ccccc1.CCC.Nc1ccccc1. The van der Waals surface area contributed by atoms with Gasteiger partial charge in [0.2, 0.25) is 0 Å². The van der Waals surface area contributed by atoms with Gasteiger partial charge in [-0.1, -0.05) is 68.8 Å². The first kappa shape index (κ1) is 17.6. The Bertz CT molecular complexity index is 398. The molecule has 2 aromatic carbocycles. The van der Waals surface area contributed by atoms with Gasteiger partial charge in [-0.25, -0.2) is 0 Å². The van der Waals surface area contributed by atoms with Gasteiger partial charge in [-0.15, -0.1) is 0 Å². The molecule has 1 nitrogen and oxygen atoms in total. The van der Waals surface area contributed by atoms with Crippen LogP contribution in [0.3, 0.4) is 0 Å². The normalized spacial score (nSPS) is 10.3. The summed E-state index contributed by atoms with van der Waals surface area (Å²) in [6.07, 6.45) is 1.25. The Morgan fingerprint density at radius 2 is 1.26 bits per heavy atom. The number of nitrogens with two attached hydrogens (primary N) is 1. The lowest BCUT2D eigenvalue weighted by molar-refractivity contribution is 1.09. The molecule has 0 saturated heterocycles. The van der Waals surface area contributed by atoms with Crippen molar-refractivity contribution in [2.45, 2.75) is 32.4 Å². The van der Waals surface area contributed by atoms with E-state index in [9.17, 15) is 0 Å². The summed E-state index contributed by atoms with van der Waals surface area (Å²) in [5, 5.41) is 0.353. The van der Waals surface area contributed by atoms with Gasteiger partial charge < -0.3 is 5.73 Å². The second kappa shape index (κ2) is 11.7. The first-order valence-electron chi connectivity index (χ1n) is 6.65. The Morgan fingerprint density at radius 3 is 1.47 bits per heavy atom. The van der Waals surface area contributed by atoms with Gasteiger partial charge in [0, 0.05) is 10.9 Å². The first-order valence-corrected chi connectivity index (χ1v) is 7.16. The lowest BCUT2D eigenvalue weighted by Crippen LogP contribution is -1.80. The molecule has 2 aromatic rings. The van der Waals surface area contributed by atoms with Crippen molar-refractivity contribution >= 4 is 18.3 Å². The smallest absolute Gasteiger partial charge is 0.0313 e. The van der Waals surface area contributed by atoms with Crippen LogP contribution in [0.2, 0.25) is 0 Å². The van der Waals surface area contributed by atoms with Crippen LogP contribution in [0.5, 0.6) is 0 Å². The van der Waals surface area contributed by atoms with E-state index in [-0.39, 0.29) is 0 Å². The molecule has 0 aliphatic carbocycles. The van der Waals surface area contributed by atoms with Crippen LogP contribution in [-0.4, -0.2) is 0 Å². The quantitative estimate of drug-likeness (QED) is 0.531. The molecule has 1 unspecified atom stereocenters. The lowest BCUT2D eigenvalue weighted by atomic mass is 10.2. The van der Waals surface area contributed by atoms with Gasteiger partial charge >= 0.3 is 0 Å². The number of benzene rings is 2. The van der Waals surface area contributed by atoms with Crippen LogP contribution in [0.4, 0.5) is 5.69 Å². The molecule has 0 aliphatic heterocycles. The third-order valence-electron chi connectivity index (χ3n) is 2.08. The average molecular weight is 275 g/mol. The van der Waals surface area contributed by atoms with E-state index < -0.39 is 0 Å². The zero-order valence-electron chi connectivity index (χ0n) is 12.1. The molecule has 0 fully saturated rings. The van der Waals surface area contributed by atoms with Gasteiger partial charge in [-0.05, 0) is 24.6 Å². The van der Waals surface area contributed by atoms with Gasteiger partial charge in [-0.2, -0.15) is 12.6 Å². The van der Waals surface area contributed by atoms with Crippen molar-refractivity contribution in [3.05, 3.63) is 66.2 Å². The number of para-hydroxylation sites is 1. The van der Waals surface area contributed by atoms with Gasteiger partial charge in [0.05, 0.1) is 0 Å². The number of hydrogen-bond acceptors (Lipinski definition) is 2. The minimum absolute atomic E-state index is 0.353. The molecule has 2 rings (SSSR count). The largest absolute Gasteiger partial charge is 0.399 e. The van der Waals surface area contributed by atoms with E-state index in [0.717, 1.165) is 5.69 Å². The predicted molar refractivity (Wildman–Crippen MR) is 90.7 cm³/mol. The molecular weight excluding hydrogens is 250 g/mol. The van der Waals surface area contributed by atoms with Gasteiger partial charge in [0.15, 0.2) is 0 Å². The molecule has 0 heterocycles. The number of thiol groups is 1.